The fourth-order valence-corrected chi connectivity index (χ4v) is 4.21. The van der Waals surface area contributed by atoms with Crippen molar-refractivity contribution in [2.45, 2.75) is 55.7 Å². The lowest BCUT2D eigenvalue weighted by Crippen LogP contribution is -2.33. The fourth-order valence-electron chi connectivity index (χ4n) is 3.21. The number of fused-ring (bicyclic) bond motifs is 1. The Morgan fingerprint density at radius 3 is 2.44 bits per heavy atom. The molecule has 0 fully saturated rings. The summed E-state index contributed by atoms with van der Waals surface area (Å²) in [4.78, 5) is 13.6. The van der Waals surface area contributed by atoms with Crippen molar-refractivity contribution in [3.63, 3.8) is 0 Å². The summed E-state index contributed by atoms with van der Waals surface area (Å²) in [6, 6.07) is 14.3. The Balaban J connectivity index is 1.60. The van der Waals surface area contributed by atoms with E-state index in [1.54, 1.807) is 11.8 Å². The van der Waals surface area contributed by atoms with Gasteiger partial charge in [-0.05, 0) is 80.5 Å². The third kappa shape index (κ3) is 4.80. The molecule has 4 heteroatoms. The normalized spacial score (nSPS) is 16.0. The Kier molecular flexibility index (Phi) is 6.08. The lowest BCUT2D eigenvalue weighted by Gasteiger charge is -2.21. The van der Waals surface area contributed by atoms with Crippen LogP contribution in [0.5, 0.6) is 0 Å². The van der Waals surface area contributed by atoms with Gasteiger partial charge >= 0.3 is 0 Å². The summed E-state index contributed by atoms with van der Waals surface area (Å²) in [5, 5.41) is 3.71. The van der Waals surface area contributed by atoms with Crippen LogP contribution in [0.15, 0.2) is 47.4 Å². The maximum Gasteiger partial charge on any atom is 0.233 e. The summed E-state index contributed by atoms with van der Waals surface area (Å²) >= 11 is 7.46. The van der Waals surface area contributed by atoms with Crippen molar-refractivity contribution in [1.82, 2.24) is 5.32 Å². The van der Waals surface area contributed by atoms with Crippen LogP contribution in [0.25, 0.3) is 0 Å². The van der Waals surface area contributed by atoms with Gasteiger partial charge in [0, 0.05) is 9.92 Å². The summed E-state index contributed by atoms with van der Waals surface area (Å²) in [6.07, 6.45) is 4.90. The van der Waals surface area contributed by atoms with Gasteiger partial charge in [0.1, 0.15) is 0 Å². The molecule has 0 saturated heterocycles. The zero-order chi connectivity index (χ0) is 17.8. The van der Waals surface area contributed by atoms with Gasteiger partial charge in [0.25, 0.3) is 0 Å². The van der Waals surface area contributed by atoms with Crippen molar-refractivity contribution in [1.29, 1.82) is 0 Å². The molecule has 2 aromatic rings. The van der Waals surface area contributed by atoms with Crippen LogP contribution in [0.1, 0.15) is 49.4 Å². The largest absolute Gasteiger partial charge is 0.349 e. The van der Waals surface area contributed by atoms with Crippen molar-refractivity contribution in [3.05, 3.63) is 64.2 Å². The van der Waals surface area contributed by atoms with Gasteiger partial charge in [-0.25, -0.2) is 0 Å². The summed E-state index contributed by atoms with van der Waals surface area (Å²) in [6.45, 7) is 4.00. The SMILES string of the molecule is C[C@H](Sc1ccc(Cl)cc1)C(=O)N[C@@H](C)c1ccc2c(c1)CCCC2. The highest BCUT2D eigenvalue weighted by molar-refractivity contribution is 8.00. The Bertz CT molecular complexity index is 744. The molecule has 0 aliphatic heterocycles. The van der Waals surface area contributed by atoms with E-state index in [9.17, 15) is 4.79 Å². The average Bonchev–Trinajstić information content (AvgIpc) is 2.63. The molecule has 1 amide bonds. The topological polar surface area (TPSA) is 29.1 Å². The smallest absolute Gasteiger partial charge is 0.233 e. The van der Waals surface area contributed by atoms with Gasteiger partial charge in [0.2, 0.25) is 5.91 Å². The van der Waals surface area contributed by atoms with E-state index >= 15 is 0 Å². The summed E-state index contributed by atoms with van der Waals surface area (Å²) in [5.41, 5.74) is 4.12. The number of aryl methyl sites for hydroxylation is 2. The second-order valence-electron chi connectivity index (χ2n) is 6.68. The minimum Gasteiger partial charge on any atom is -0.349 e. The third-order valence-corrected chi connectivity index (χ3v) is 6.09. The summed E-state index contributed by atoms with van der Waals surface area (Å²) in [5.74, 6) is 0.0603. The maximum atomic E-state index is 12.5. The van der Waals surface area contributed by atoms with Crippen molar-refractivity contribution in [2.75, 3.05) is 0 Å². The van der Waals surface area contributed by atoms with E-state index in [4.69, 9.17) is 11.6 Å². The van der Waals surface area contributed by atoms with Crippen molar-refractivity contribution in [3.8, 4) is 0 Å². The molecule has 1 aliphatic rings. The highest BCUT2D eigenvalue weighted by Gasteiger charge is 2.18. The van der Waals surface area contributed by atoms with E-state index in [1.165, 1.54) is 36.0 Å². The highest BCUT2D eigenvalue weighted by Crippen LogP contribution is 2.27. The molecule has 25 heavy (non-hydrogen) atoms. The van der Waals surface area contributed by atoms with E-state index in [0.717, 1.165) is 11.3 Å². The second-order valence-corrected chi connectivity index (χ2v) is 8.53. The molecule has 0 aromatic heterocycles. The van der Waals surface area contributed by atoms with Crippen molar-refractivity contribution in [2.24, 2.45) is 0 Å². The predicted octanol–water partition coefficient (Wildman–Crippen LogP) is 5.58. The second kappa shape index (κ2) is 8.29. The van der Waals surface area contributed by atoms with Crippen LogP contribution in [0, 0.1) is 0 Å². The van der Waals surface area contributed by atoms with Crippen LogP contribution in [-0.4, -0.2) is 11.2 Å². The van der Waals surface area contributed by atoms with Crippen LogP contribution in [0.2, 0.25) is 5.02 Å². The van der Waals surface area contributed by atoms with E-state index in [-0.39, 0.29) is 17.2 Å². The number of nitrogens with one attached hydrogen (secondary N) is 1. The highest BCUT2D eigenvalue weighted by atomic mass is 35.5. The molecule has 0 bridgehead atoms. The van der Waals surface area contributed by atoms with Crippen LogP contribution < -0.4 is 5.32 Å². The number of rotatable bonds is 5. The Hall–Kier alpha value is -1.45. The molecule has 0 spiro atoms. The van der Waals surface area contributed by atoms with Crippen LogP contribution >= 0.6 is 23.4 Å². The zero-order valence-corrected chi connectivity index (χ0v) is 16.3. The minimum absolute atomic E-state index is 0.0213. The van der Waals surface area contributed by atoms with Gasteiger partial charge in [0.05, 0.1) is 11.3 Å². The first-order valence-electron chi connectivity index (χ1n) is 8.87. The molecular formula is C21H24ClNOS. The third-order valence-electron chi connectivity index (χ3n) is 4.73. The number of hydrogen-bond acceptors (Lipinski definition) is 2. The minimum atomic E-state index is -0.152. The van der Waals surface area contributed by atoms with Crippen LogP contribution in [0.3, 0.4) is 0 Å². The molecule has 0 radical (unpaired) electrons. The standard InChI is InChI=1S/C21H24ClNOS/c1-14(17-8-7-16-5-3-4-6-18(16)13-17)23-21(24)15(2)25-20-11-9-19(22)10-12-20/h7-15H,3-6H2,1-2H3,(H,23,24)/t14-,15-/m0/s1. The molecule has 2 atom stereocenters. The molecule has 132 valence electrons. The van der Waals surface area contributed by atoms with E-state index in [2.05, 4.69) is 30.4 Å². The van der Waals surface area contributed by atoms with Gasteiger partial charge in [0.15, 0.2) is 0 Å². The van der Waals surface area contributed by atoms with Crippen molar-refractivity contribution < 1.29 is 4.79 Å². The zero-order valence-electron chi connectivity index (χ0n) is 14.7. The average molecular weight is 374 g/mol. The first-order chi connectivity index (χ1) is 12.0. The number of carbonyl (C=O) groups excluding carboxylic acids is 1. The lowest BCUT2D eigenvalue weighted by molar-refractivity contribution is -0.120. The number of hydrogen-bond donors (Lipinski definition) is 1. The Morgan fingerprint density at radius 1 is 1.04 bits per heavy atom. The molecule has 2 aromatic carbocycles. The van der Waals surface area contributed by atoms with Gasteiger partial charge in [-0.3, -0.25) is 4.79 Å². The van der Waals surface area contributed by atoms with Crippen LogP contribution in [0.4, 0.5) is 0 Å². The number of thioether (sulfide) groups is 1. The van der Waals surface area contributed by atoms with Gasteiger partial charge in [-0.1, -0.05) is 29.8 Å². The van der Waals surface area contributed by atoms with Gasteiger partial charge < -0.3 is 5.32 Å². The quantitative estimate of drug-likeness (QED) is 0.693. The van der Waals surface area contributed by atoms with Crippen molar-refractivity contribution >= 4 is 29.3 Å². The lowest BCUT2D eigenvalue weighted by atomic mass is 9.89. The molecule has 2 nitrogen and oxygen atoms in total. The summed E-state index contributed by atoms with van der Waals surface area (Å²) < 4.78 is 0. The Labute approximate surface area is 159 Å². The molecule has 0 unspecified atom stereocenters. The van der Waals surface area contributed by atoms with Gasteiger partial charge in [-0.2, -0.15) is 0 Å². The molecule has 1 N–H and O–H groups in total. The number of carbonyl (C=O) groups is 1. The fraction of sp³-hybridized carbons (Fsp3) is 0.381. The number of halogens is 1. The first-order valence-corrected chi connectivity index (χ1v) is 10.1. The molecular weight excluding hydrogens is 350 g/mol. The first kappa shape index (κ1) is 18.3. The molecule has 1 aliphatic carbocycles. The monoisotopic (exact) mass is 373 g/mol. The predicted molar refractivity (Wildman–Crippen MR) is 106 cm³/mol. The summed E-state index contributed by atoms with van der Waals surface area (Å²) in [7, 11) is 0. The van der Waals surface area contributed by atoms with E-state index in [0.29, 0.717) is 5.02 Å². The van der Waals surface area contributed by atoms with E-state index < -0.39 is 0 Å². The molecule has 3 rings (SSSR count). The van der Waals surface area contributed by atoms with Gasteiger partial charge in [-0.15, -0.1) is 11.8 Å². The number of benzene rings is 2. The maximum absolute atomic E-state index is 12.5. The van der Waals surface area contributed by atoms with Crippen LogP contribution in [-0.2, 0) is 17.6 Å². The molecule has 0 saturated carbocycles. The Morgan fingerprint density at radius 2 is 1.72 bits per heavy atom. The van der Waals surface area contributed by atoms with E-state index in [1.807, 2.05) is 31.2 Å². The number of amides is 1. The molecule has 0 heterocycles.